The highest BCUT2D eigenvalue weighted by Gasteiger charge is 2.18. The highest BCUT2D eigenvalue weighted by Crippen LogP contribution is 2.24. The van der Waals surface area contributed by atoms with E-state index in [2.05, 4.69) is 34.8 Å². The molecule has 0 radical (unpaired) electrons. The lowest BCUT2D eigenvalue weighted by Gasteiger charge is -2.21. The summed E-state index contributed by atoms with van der Waals surface area (Å²) in [6, 6.07) is 3.55. The molecule has 1 rings (SSSR count). The van der Waals surface area contributed by atoms with E-state index in [4.69, 9.17) is 0 Å². The summed E-state index contributed by atoms with van der Waals surface area (Å²) in [5, 5.41) is 0.855. The molecular weight excluding hydrogens is 233 g/mol. The zero-order valence-electron chi connectivity index (χ0n) is 7.85. The van der Waals surface area contributed by atoms with Crippen molar-refractivity contribution in [2.75, 3.05) is 5.33 Å². The maximum absolute atomic E-state index is 13.1. The van der Waals surface area contributed by atoms with Gasteiger partial charge >= 0.3 is 0 Å². The monoisotopic (exact) mass is 245 g/mol. The molecule has 0 spiro atoms. The first-order valence-electron chi connectivity index (χ1n) is 4.20. The summed E-state index contributed by atoms with van der Waals surface area (Å²) in [7, 11) is 0. The maximum Gasteiger partial charge on any atom is 0.216 e. The van der Waals surface area contributed by atoms with Gasteiger partial charge < -0.3 is 0 Å². The Morgan fingerprint density at radius 2 is 2.23 bits per heavy atom. The second-order valence-electron chi connectivity index (χ2n) is 3.93. The predicted molar refractivity (Wildman–Crippen MR) is 55.5 cm³/mol. The molecule has 1 heterocycles. The normalized spacial score (nSPS) is 11.7. The molecule has 0 aliphatic carbocycles. The zero-order valence-corrected chi connectivity index (χ0v) is 9.44. The molecule has 0 amide bonds. The van der Waals surface area contributed by atoms with E-state index in [1.165, 1.54) is 6.20 Å². The number of alkyl halides is 1. The van der Waals surface area contributed by atoms with Gasteiger partial charge in [0.2, 0.25) is 5.95 Å². The van der Waals surface area contributed by atoms with Crippen LogP contribution in [0, 0.1) is 11.4 Å². The number of nitrogens with zero attached hydrogens (tertiary/aromatic N) is 1. The van der Waals surface area contributed by atoms with E-state index in [-0.39, 0.29) is 11.4 Å². The smallest absolute Gasteiger partial charge is 0.216 e. The van der Waals surface area contributed by atoms with Gasteiger partial charge in [-0.05, 0) is 17.9 Å². The van der Waals surface area contributed by atoms with Gasteiger partial charge in [0.25, 0.3) is 0 Å². The maximum atomic E-state index is 13.1. The minimum absolute atomic E-state index is 0.0733. The van der Waals surface area contributed by atoms with Crippen LogP contribution >= 0.6 is 15.9 Å². The molecule has 13 heavy (non-hydrogen) atoms. The van der Waals surface area contributed by atoms with Crippen molar-refractivity contribution in [3.63, 3.8) is 0 Å². The van der Waals surface area contributed by atoms with Crippen molar-refractivity contribution in [2.45, 2.75) is 20.3 Å². The van der Waals surface area contributed by atoms with Gasteiger partial charge in [0.1, 0.15) is 0 Å². The zero-order chi connectivity index (χ0) is 9.90. The number of hydrogen-bond donors (Lipinski definition) is 0. The number of aromatic nitrogens is 1. The molecular formula is C10H13BrFN. The molecule has 0 saturated heterocycles. The Kier molecular flexibility index (Phi) is 3.42. The van der Waals surface area contributed by atoms with Gasteiger partial charge in [-0.15, -0.1) is 0 Å². The highest BCUT2D eigenvalue weighted by atomic mass is 79.9. The van der Waals surface area contributed by atoms with Crippen LogP contribution in [-0.2, 0) is 6.42 Å². The molecule has 0 aliphatic rings. The second kappa shape index (κ2) is 4.18. The van der Waals surface area contributed by atoms with Crippen molar-refractivity contribution in [3.05, 3.63) is 29.8 Å². The van der Waals surface area contributed by atoms with Crippen LogP contribution in [0.2, 0.25) is 0 Å². The minimum Gasteiger partial charge on any atom is -0.228 e. The Labute approximate surface area is 86.5 Å². The summed E-state index contributed by atoms with van der Waals surface area (Å²) in [4.78, 5) is 3.62. The SMILES string of the molecule is CC(C)(CBr)Cc1cccnc1F. The first kappa shape index (κ1) is 10.6. The molecule has 3 heteroatoms. The third kappa shape index (κ3) is 3.07. The van der Waals surface area contributed by atoms with Gasteiger partial charge in [-0.1, -0.05) is 35.8 Å². The average Bonchev–Trinajstić information content (AvgIpc) is 2.09. The van der Waals surface area contributed by atoms with E-state index in [9.17, 15) is 4.39 Å². The molecule has 0 unspecified atom stereocenters. The summed E-state index contributed by atoms with van der Waals surface area (Å²) >= 11 is 3.41. The van der Waals surface area contributed by atoms with Crippen LogP contribution in [0.4, 0.5) is 4.39 Å². The lowest BCUT2D eigenvalue weighted by Crippen LogP contribution is -2.17. The molecule has 0 aliphatic heterocycles. The van der Waals surface area contributed by atoms with Crippen LogP contribution in [0.5, 0.6) is 0 Å². The van der Waals surface area contributed by atoms with E-state index in [0.717, 1.165) is 5.33 Å². The topological polar surface area (TPSA) is 12.9 Å². The van der Waals surface area contributed by atoms with Crippen LogP contribution in [0.1, 0.15) is 19.4 Å². The average molecular weight is 246 g/mol. The summed E-state index contributed by atoms with van der Waals surface area (Å²) in [6.45, 7) is 4.18. The molecule has 0 fully saturated rings. The van der Waals surface area contributed by atoms with E-state index in [0.29, 0.717) is 12.0 Å². The molecule has 72 valence electrons. The van der Waals surface area contributed by atoms with E-state index in [1.54, 1.807) is 12.1 Å². The molecule has 0 bridgehead atoms. The van der Waals surface area contributed by atoms with Crippen molar-refractivity contribution >= 4 is 15.9 Å². The molecule has 1 aromatic heterocycles. The Bertz CT molecular complexity index is 286. The first-order chi connectivity index (χ1) is 6.05. The van der Waals surface area contributed by atoms with Crippen LogP contribution in [0.25, 0.3) is 0 Å². The number of pyridine rings is 1. The molecule has 0 N–H and O–H groups in total. The lowest BCUT2D eigenvalue weighted by molar-refractivity contribution is 0.411. The largest absolute Gasteiger partial charge is 0.228 e. The van der Waals surface area contributed by atoms with Gasteiger partial charge in [0.05, 0.1) is 0 Å². The fraction of sp³-hybridized carbons (Fsp3) is 0.500. The molecule has 1 aromatic rings. The Morgan fingerprint density at radius 3 is 2.77 bits per heavy atom. The summed E-state index contributed by atoms with van der Waals surface area (Å²) in [5.41, 5.74) is 0.760. The van der Waals surface area contributed by atoms with Crippen LogP contribution in [0.3, 0.4) is 0 Å². The standard InChI is InChI=1S/C10H13BrFN/c1-10(2,7-11)6-8-4-3-5-13-9(8)12/h3-5H,6-7H2,1-2H3. The number of halogens is 2. The molecule has 0 atom stereocenters. The van der Waals surface area contributed by atoms with E-state index < -0.39 is 0 Å². The van der Waals surface area contributed by atoms with Crippen molar-refractivity contribution in [1.82, 2.24) is 4.98 Å². The van der Waals surface area contributed by atoms with Gasteiger partial charge in [0.15, 0.2) is 0 Å². The van der Waals surface area contributed by atoms with Gasteiger partial charge in [-0.25, -0.2) is 4.98 Å². The fourth-order valence-corrected chi connectivity index (χ4v) is 1.31. The number of hydrogen-bond acceptors (Lipinski definition) is 1. The summed E-state index contributed by atoms with van der Waals surface area (Å²) in [6.07, 6.45) is 2.18. The van der Waals surface area contributed by atoms with Crippen molar-refractivity contribution < 1.29 is 4.39 Å². The van der Waals surface area contributed by atoms with Crippen molar-refractivity contribution in [1.29, 1.82) is 0 Å². The second-order valence-corrected chi connectivity index (χ2v) is 4.49. The van der Waals surface area contributed by atoms with Gasteiger partial charge in [-0.3, -0.25) is 0 Å². The number of rotatable bonds is 3. The summed E-state index contributed by atoms with van der Waals surface area (Å²) < 4.78 is 13.1. The minimum atomic E-state index is -0.350. The fourth-order valence-electron chi connectivity index (χ4n) is 1.11. The highest BCUT2D eigenvalue weighted by molar-refractivity contribution is 9.09. The first-order valence-corrected chi connectivity index (χ1v) is 5.33. The molecule has 0 saturated carbocycles. The van der Waals surface area contributed by atoms with E-state index in [1.807, 2.05) is 0 Å². The molecule has 1 nitrogen and oxygen atoms in total. The lowest BCUT2D eigenvalue weighted by atomic mass is 9.88. The third-order valence-corrected chi connectivity index (χ3v) is 3.39. The van der Waals surface area contributed by atoms with Crippen molar-refractivity contribution in [2.24, 2.45) is 5.41 Å². The Balaban J connectivity index is 2.80. The van der Waals surface area contributed by atoms with Crippen LogP contribution in [0.15, 0.2) is 18.3 Å². The van der Waals surface area contributed by atoms with Crippen molar-refractivity contribution in [3.8, 4) is 0 Å². The quantitative estimate of drug-likeness (QED) is 0.589. The third-order valence-electron chi connectivity index (χ3n) is 1.87. The van der Waals surface area contributed by atoms with Gasteiger partial charge in [0, 0.05) is 17.1 Å². The predicted octanol–water partition coefficient (Wildman–Crippen LogP) is 3.18. The molecule has 0 aromatic carbocycles. The summed E-state index contributed by atoms with van der Waals surface area (Å²) in [5.74, 6) is -0.350. The van der Waals surface area contributed by atoms with E-state index >= 15 is 0 Å². The Hall–Kier alpha value is -0.440. The Morgan fingerprint density at radius 1 is 1.54 bits per heavy atom. The van der Waals surface area contributed by atoms with Crippen LogP contribution < -0.4 is 0 Å². The van der Waals surface area contributed by atoms with Crippen LogP contribution in [-0.4, -0.2) is 10.3 Å². The van der Waals surface area contributed by atoms with Gasteiger partial charge in [-0.2, -0.15) is 4.39 Å².